The molecule has 0 saturated heterocycles. The zero-order chi connectivity index (χ0) is 21.8. The number of carboxylic acid groups (broad SMARTS) is 2. The summed E-state index contributed by atoms with van der Waals surface area (Å²) in [6, 6.07) is 11.8. The summed E-state index contributed by atoms with van der Waals surface area (Å²) in [5.41, 5.74) is 0.988. The second kappa shape index (κ2) is 12.0. The van der Waals surface area contributed by atoms with Crippen LogP contribution in [0.4, 0.5) is 18.9 Å². The number of hydrogen-bond acceptors (Lipinski definition) is 5. The van der Waals surface area contributed by atoms with Gasteiger partial charge in [-0.05, 0) is 29.8 Å². The van der Waals surface area contributed by atoms with Crippen molar-refractivity contribution in [3.05, 3.63) is 59.9 Å². The van der Waals surface area contributed by atoms with E-state index in [0.29, 0.717) is 6.54 Å². The molecule has 0 saturated carbocycles. The number of carboxylic acids is 2. The van der Waals surface area contributed by atoms with Gasteiger partial charge in [0.25, 0.3) is 0 Å². The van der Waals surface area contributed by atoms with E-state index in [1.165, 1.54) is 30.3 Å². The predicted octanol–water partition coefficient (Wildman–Crippen LogP) is 2.31. The first-order valence-corrected chi connectivity index (χ1v) is 7.94. The number of alkyl halides is 2. The van der Waals surface area contributed by atoms with Gasteiger partial charge in [0, 0.05) is 6.54 Å². The van der Waals surface area contributed by atoms with Crippen LogP contribution in [0.5, 0.6) is 5.75 Å². The van der Waals surface area contributed by atoms with E-state index in [0.717, 1.165) is 5.56 Å². The molecular weight excluding hydrogens is 397 g/mol. The van der Waals surface area contributed by atoms with Crippen molar-refractivity contribution < 1.29 is 42.5 Å². The van der Waals surface area contributed by atoms with Crippen molar-refractivity contribution in [3.63, 3.8) is 0 Å². The summed E-state index contributed by atoms with van der Waals surface area (Å²) in [5, 5.41) is 20.2. The first-order valence-electron chi connectivity index (χ1n) is 7.94. The summed E-state index contributed by atoms with van der Waals surface area (Å²) in [4.78, 5) is 30.0. The van der Waals surface area contributed by atoms with Crippen LogP contribution in [0.15, 0.2) is 48.5 Å². The van der Waals surface area contributed by atoms with Gasteiger partial charge in [0.15, 0.2) is 0 Å². The molecule has 0 aliphatic heterocycles. The van der Waals surface area contributed by atoms with Gasteiger partial charge >= 0.3 is 18.6 Å². The van der Waals surface area contributed by atoms with Crippen LogP contribution >= 0.6 is 0 Å². The molecule has 0 radical (unpaired) electrons. The third kappa shape index (κ3) is 9.77. The molecule has 8 nitrogen and oxygen atoms in total. The molecule has 2 aromatic carbocycles. The quantitative estimate of drug-likeness (QED) is 0.513. The summed E-state index contributed by atoms with van der Waals surface area (Å²) in [6.45, 7) is -2.62. The standard InChI is InChI=1S/C16H15F3N2O2.C2H2O4/c17-12-7-5-11(6-8-12)9-20-10-15(22)21-13-3-1-2-4-14(13)23-16(18)19;3-1(4)2(5)6/h1-8,16,20H,9-10H2,(H,21,22);(H,3,4)(H,5,6). The van der Waals surface area contributed by atoms with Crippen LogP contribution in [-0.2, 0) is 20.9 Å². The number of amides is 1. The molecule has 0 aliphatic carbocycles. The fourth-order valence-corrected chi connectivity index (χ4v) is 1.89. The van der Waals surface area contributed by atoms with Crippen LogP contribution in [0.1, 0.15) is 5.56 Å². The SMILES string of the molecule is O=C(CNCc1ccc(F)cc1)Nc1ccccc1OC(F)F.O=C(O)C(=O)O. The van der Waals surface area contributed by atoms with Crippen molar-refractivity contribution in [2.45, 2.75) is 13.2 Å². The second-order valence-corrected chi connectivity index (χ2v) is 5.26. The summed E-state index contributed by atoms with van der Waals surface area (Å²) in [7, 11) is 0. The van der Waals surface area contributed by atoms with Crippen LogP contribution in [0.2, 0.25) is 0 Å². The Kier molecular flexibility index (Phi) is 9.68. The molecule has 11 heteroatoms. The predicted molar refractivity (Wildman–Crippen MR) is 95.1 cm³/mol. The van der Waals surface area contributed by atoms with Crippen molar-refractivity contribution in [2.75, 3.05) is 11.9 Å². The maximum absolute atomic E-state index is 12.8. The summed E-state index contributed by atoms with van der Waals surface area (Å²) < 4.78 is 41.7. The first-order chi connectivity index (χ1) is 13.7. The highest BCUT2D eigenvalue weighted by Crippen LogP contribution is 2.25. The minimum Gasteiger partial charge on any atom is -0.473 e. The van der Waals surface area contributed by atoms with Crippen molar-refractivity contribution in [2.24, 2.45) is 0 Å². The number of para-hydroxylation sites is 2. The number of aliphatic carboxylic acids is 2. The average molecular weight is 414 g/mol. The van der Waals surface area contributed by atoms with E-state index < -0.39 is 24.5 Å². The molecule has 156 valence electrons. The Morgan fingerprint density at radius 2 is 1.55 bits per heavy atom. The Labute approximate surface area is 162 Å². The van der Waals surface area contributed by atoms with Gasteiger partial charge in [-0.2, -0.15) is 8.78 Å². The van der Waals surface area contributed by atoms with Crippen LogP contribution < -0.4 is 15.4 Å². The Balaban J connectivity index is 0.000000612. The number of benzene rings is 2. The number of nitrogens with one attached hydrogen (secondary N) is 2. The van der Waals surface area contributed by atoms with Crippen LogP contribution in [0.25, 0.3) is 0 Å². The van der Waals surface area contributed by atoms with Crippen molar-refractivity contribution in [3.8, 4) is 5.75 Å². The van der Waals surface area contributed by atoms with Crippen molar-refractivity contribution >= 4 is 23.5 Å². The Bertz CT molecular complexity index is 819. The maximum Gasteiger partial charge on any atom is 0.414 e. The second-order valence-electron chi connectivity index (χ2n) is 5.26. The molecule has 29 heavy (non-hydrogen) atoms. The molecule has 0 atom stereocenters. The Hall–Kier alpha value is -3.60. The molecule has 1 amide bonds. The van der Waals surface area contributed by atoms with Crippen LogP contribution in [0.3, 0.4) is 0 Å². The van der Waals surface area contributed by atoms with Crippen molar-refractivity contribution in [1.29, 1.82) is 0 Å². The highest BCUT2D eigenvalue weighted by Gasteiger charge is 2.11. The van der Waals surface area contributed by atoms with Crippen LogP contribution in [0, 0.1) is 5.82 Å². The van der Waals surface area contributed by atoms with Crippen molar-refractivity contribution in [1.82, 2.24) is 5.32 Å². The zero-order valence-corrected chi connectivity index (χ0v) is 14.8. The van der Waals surface area contributed by atoms with E-state index in [4.69, 9.17) is 19.8 Å². The lowest BCUT2D eigenvalue weighted by atomic mass is 10.2. The van der Waals surface area contributed by atoms with E-state index in [1.807, 2.05) is 0 Å². The number of halogens is 3. The smallest absolute Gasteiger partial charge is 0.414 e. The average Bonchev–Trinajstić information content (AvgIpc) is 2.65. The molecule has 0 unspecified atom stereocenters. The molecule has 0 aliphatic rings. The molecule has 0 heterocycles. The topological polar surface area (TPSA) is 125 Å². The normalized spacial score (nSPS) is 9.93. The van der Waals surface area contributed by atoms with Gasteiger partial charge in [-0.15, -0.1) is 0 Å². The maximum atomic E-state index is 12.8. The number of ether oxygens (including phenoxy) is 1. The highest BCUT2D eigenvalue weighted by atomic mass is 19.3. The summed E-state index contributed by atoms with van der Waals surface area (Å²) in [5.74, 6) is -4.49. The fourth-order valence-electron chi connectivity index (χ4n) is 1.89. The molecule has 0 spiro atoms. The first kappa shape index (κ1) is 23.4. The van der Waals surface area contributed by atoms with E-state index in [9.17, 15) is 18.0 Å². The molecule has 4 N–H and O–H groups in total. The largest absolute Gasteiger partial charge is 0.473 e. The number of carbonyl (C=O) groups is 3. The minimum absolute atomic E-state index is 0.0274. The van der Waals surface area contributed by atoms with Gasteiger partial charge in [-0.1, -0.05) is 24.3 Å². The lowest BCUT2D eigenvalue weighted by molar-refractivity contribution is -0.159. The Morgan fingerprint density at radius 1 is 0.966 bits per heavy atom. The lowest BCUT2D eigenvalue weighted by Gasteiger charge is -2.12. The fraction of sp³-hybridized carbons (Fsp3) is 0.167. The van der Waals surface area contributed by atoms with E-state index in [-0.39, 0.29) is 23.8 Å². The van der Waals surface area contributed by atoms with E-state index >= 15 is 0 Å². The monoisotopic (exact) mass is 414 g/mol. The molecule has 0 aromatic heterocycles. The van der Waals surface area contributed by atoms with Gasteiger partial charge in [-0.25, -0.2) is 14.0 Å². The third-order valence-corrected chi connectivity index (χ3v) is 3.09. The van der Waals surface area contributed by atoms with E-state index in [2.05, 4.69) is 15.4 Å². The number of hydrogen-bond donors (Lipinski definition) is 4. The van der Waals surface area contributed by atoms with Gasteiger partial charge < -0.3 is 25.6 Å². The van der Waals surface area contributed by atoms with Gasteiger partial charge in [0.2, 0.25) is 5.91 Å². The molecule has 2 aromatic rings. The zero-order valence-electron chi connectivity index (χ0n) is 14.8. The number of anilines is 1. The molecule has 0 bridgehead atoms. The lowest BCUT2D eigenvalue weighted by Crippen LogP contribution is -2.28. The van der Waals surface area contributed by atoms with Crippen LogP contribution in [-0.4, -0.2) is 41.2 Å². The molecule has 0 fully saturated rings. The van der Waals surface area contributed by atoms with E-state index in [1.54, 1.807) is 18.2 Å². The van der Waals surface area contributed by atoms with Gasteiger partial charge in [-0.3, -0.25) is 4.79 Å². The van der Waals surface area contributed by atoms with Gasteiger partial charge in [0.1, 0.15) is 11.6 Å². The van der Waals surface area contributed by atoms with Gasteiger partial charge in [0.05, 0.1) is 12.2 Å². The molecular formula is C18H17F3N2O6. The third-order valence-electron chi connectivity index (χ3n) is 3.09. The highest BCUT2D eigenvalue weighted by molar-refractivity contribution is 6.27. The summed E-state index contributed by atoms with van der Waals surface area (Å²) in [6.07, 6.45) is 0. The summed E-state index contributed by atoms with van der Waals surface area (Å²) >= 11 is 0. The number of carbonyl (C=O) groups excluding carboxylic acids is 1. The molecule has 2 rings (SSSR count). The Morgan fingerprint density at radius 3 is 2.10 bits per heavy atom. The minimum atomic E-state index is -2.97. The number of rotatable bonds is 7.